The molecule has 3 heteroatoms. The molecule has 0 aromatic heterocycles. The lowest BCUT2D eigenvalue weighted by molar-refractivity contribution is -0.131. The first-order valence-electron chi connectivity index (χ1n) is 8.28. The highest BCUT2D eigenvalue weighted by molar-refractivity contribution is 5.81. The Morgan fingerprint density at radius 1 is 1.21 bits per heavy atom. The molecule has 0 aliphatic heterocycles. The topological polar surface area (TPSA) is 54.4 Å². The Labute approximate surface area is 145 Å². The van der Waals surface area contributed by atoms with E-state index in [4.69, 9.17) is 5.11 Å². The zero-order valence-corrected chi connectivity index (χ0v) is 15.3. The van der Waals surface area contributed by atoms with Crippen molar-refractivity contribution in [2.45, 2.75) is 47.5 Å². The van der Waals surface area contributed by atoms with E-state index < -0.39 is 5.97 Å². The van der Waals surface area contributed by atoms with Crippen LogP contribution in [-0.2, 0) is 9.59 Å². The average molecular weight is 328 g/mol. The number of hydrogen-bond acceptors (Lipinski definition) is 2. The third-order valence-corrected chi connectivity index (χ3v) is 4.54. The van der Waals surface area contributed by atoms with Gasteiger partial charge in [0, 0.05) is 12.0 Å². The van der Waals surface area contributed by atoms with Gasteiger partial charge >= 0.3 is 5.97 Å². The molecule has 0 fully saturated rings. The van der Waals surface area contributed by atoms with Crippen molar-refractivity contribution in [3.63, 3.8) is 0 Å². The molecule has 1 aliphatic carbocycles. The van der Waals surface area contributed by atoms with Gasteiger partial charge in [-0.2, -0.15) is 0 Å². The van der Waals surface area contributed by atoms with Gasteiger partial charge in [0.25, 0.3) is 0 Å². The van der Waals surface area contributed by atoms with Crippen LogP contribution in [-0.4, -0.2) is 17.4 Å². The van der Waals surface area contributed by atoms with E-state index in [1.54, 1.807) is 13.0 Å². The maximum Gasteiger partial charge on any atom is 0.328 e. The lowest BCUT2D eigenvalue weighted by Gasteiger charge is -2.35. The first kappa shape index (κ1) is 19.9. The second-order valence-corrected chi connectivity index (χ2v) is 7.09. The smallest absolute Gasteiger partial charge is 0.328 e. The number of carboxylic acids is 1. The van der Waals surface area contributed by atoms with E-state index in [9.17, 15) is 9.59 Å². The Kier molecular flexibility index (Phi) is 7.15. The lowest BCUT2D eigenvalue weighted by Crippen LogP contribution is -2.25. The van der Waals surface area contributed by atoms with Gasteiger partial charge in [-0.25, -0.2) is 4.79 Å². The SMILES string of the molecule is CC(C=CC1=C(C)C(C=O)CCC1(C)C)=CC=CC(C)=CC(=O)O. The zero-order chi connectivity index (χ0) is 18.3. The summed E-state index contributed by atoms with van der Waals surface area (Å²) >= 11 is 0. The molecule has 0 amide bonds. The largest absolute Gasteiger partial charge is 0.478 e. The van der Waals surface area contributed by atoms with Crippen LogP contribution in [0.3, 0.4) is 0 Å². The van der Waals surface area contributed by atoms with E-state index in [-0.39, 0.29) is 11.3 Å². The maximum absolute atomic E-state index is 11.2. The number of carbonyl (C=O) groups excluding carboxylic acids is 1. The number of carbonyl (C=O) groups is 2. The lowest BCUT2D eigenvalue weighted by atomic mass is 9.69. The van der Waals surface area contributed by atoms with Gasteiger partial charge < -0.3 is 9.90 Å². The first-order chi connectivity index (χ1) is 11.2. The zero-order valence-electron chi connectivity index (χ0n) is 15.3. The molecule has 0 saturated heterocycles. The van der Waals surface area contributed by atoms with Crippen LogP contribution < -0.4 is 0 Å². The van der Waals surface area contributed by atoms with Crippen LogP contribution in [0.25, 0.3) is 0 Å². The Bertz CT molecular complexity index is 640. The second kappa shape index (κ2) is 8.62. The Balaban J connectivity index is 2.93. The number of aldehydes is 1. The predicted molar refractivity (Wildman–Crippen MR) is 98.7 cm³/mol. The van der Waals surface area contributed by atoms with E-state index in [0.29, 0.717) is 5.57 Å². The van der Waals surface area contributed by atoms with Gasteiger partial charge in [0.2, 0.25) is 0 Å². The van der Waals surface area contributed by atoms with E-state index in [0.717, 1.165) is 24.7 Å². The predicted octanol–water partition coefficient (Wildman–Crippen LogP) is 5.03. The quantitative estimate of drug-likeness (QED) is 0.423. The fourth-order valence-electron chi connectivity index (χ4n) is 2.99. The van der Waals surface area contributed by atoms with Crippen LogP contribution in [0.4, 0.5) is 0 Å². The summed E-state index contributed by atoms with van der Waals surface area (Å²) in [7, 11) is 0. The highest BCUT2D eigenvalue weighted by Gasteiger charge is 2.31. The van der Waals surface area contributed by atoms with Crippen molar-refractivity contribution in [1.29, 1.82) is 0 Å². The molecule has 0 aromatic carbocycles. The van der Waals surface area contributed by atoms with Gasteiger partial charge in [-0.15, -0.1) is 0 Å². The summed E-state index contributed by atoms with van der Waals surface area (Å²) in [6, 6.07) is 0. The molecule has 0 bridgehead atoms. The fraction of sp³-hybridized carbons (Fsp3) is 0.429. The molecular formula is C21H28O3. The van der Waals surface area contributed by atoms with Crippen LogP contribution in [0.15, 0.2) is 58.7 Å². The van der Waals surface area contributed by atoms with Crippen molar-refractivity contribution in [2.75, 3.05) is 0 Å². The molecule has 1 rings (SSSR count). The second-order valence-electron chi connectivity index (χ2n) is 7.09. The van der Waals surface area contributed by atoms with Crippen LogP contribution in [0.1, 0.15) is 47.5 Å². The maximum atomic E-state index is 11.2. The van der Waals surface area contributed by atoms with Gasteiger partial charge in [-0.3, -0.25) is 0 Å². The number of hydrogen-bond donors (Lipinski definition) is 1. The molecule has 130 valence electrons. The average Bonchev–Trinajstić information content (AvgIpc) is 2.45. The number of aliphatic carboxylic acids is 1. The summed E-state index contributed by atoms with van der Waals surface area (Å²) < 4.78 is 0. The summed E-state index contributed by atoms with van der Waals surface area (Å²) in [4.78, 5) is 21.8. The van der Waals surface area contributed by atoms with Gasteiger partial charge in [0.1, 0.15) is 6.29 Å². The highest BCUT2D eigenvalue weighted by atomic mass is 16.4. The van der Waals surface area contributed by atoms with Crippen molar-refractivity contribution >= 4 is 12.3 Å². The monoisotopic (exact) mass is 328 g/mol. The van der Waals surface area contributed by atoms with Crippen LogP contribution in [0.2, 0.25) is 0 Å². The van der Waals surface area contributed by atoms with Gasteiger partial charge in [-0.1, -0.05) is 55.4 Å². The van der Waals surface area contributed by atoms with E-state index >= 15 is 0 Å². The molecule has 24 heavy (non-hydrogen) atoms. The summed E-state index contributed by atoms with van der Waals surface area (Å²) in [6.07, 6.45) is 13.9. The molecule has 0 saturated carbocycles. The van der Waals surface area contributed by atoms with Crippen LogP contribution in [0, 0.1) is 11.3 Å². The molecule has 1 atom stereocenters. The standard InChI is InChI=1S/C21H28O3/c1-15(7-6-8-16(2)13-20(23)24)9-10-19-17(3)18(14-22)11-12-21(19,4)5/h6-10,13-14,18H,11-12H2,1-5H3,(H,23,24). The van der Waals surface area contributed by atoms with Gasteiger partial charge in [-0.05, 0) is 50.2 Å². The van der Waals surface area contributed by atoms with Crippen LogP contribution in [0.5, 0.6) is 0 Å². The number of allylic oxidation sites excluding steroid dienone is 9. The summed E-state index contributed by atoms with van der Waals surface area (Å²) in [6.45, 7) is 10.2. The van der Waals surface area contributed by atoms with E-state index in [2.05, 4.69) is 26.8 Å². The van der Waals surface area contributed by atoms with Gasteiger partial charge in [0.05, 0.1) is 0 Å². The summed E-state index contributed by atoms with van der Waals surface area (Å²) in [5, 5.41) is 8.67. The number of rotatable bonds is 6. The minimum atomic E-state index is -0.940. The minimum Gasteiger partial charge on any atom is -0.478 e. The molecule has 0 heterocycles. The van der Waals surface area contributed by atoms with E-state index in [1.807, 2.05) is 25.2 Å². The van der Waals surface area contributed by atoms with Crippen molar-refractivity contribution in [2.24, 2.45) is 11.3 Å². The Hall–Kier alpha value is -2.16. The molecule has 1 unspecified atom stereocenters. The normalized spacial score (nSPS) is 22.5. The van der Waals surface area contributed by atoms with Gasteiger partial charge in [0.15, 0.2) is 0 Å². The number of carboxylic acid groups (broad SMARTS) is 1. The molecule has 1 N–H and O–H groups in total. The minimum absolute atomic E-state index is 0.0330. The molecule has 0 radical (unpaired) electrons. The fourth-order valence-corrected chi connectivity index (χ4v) is 2.99. The molecule has 0 aromatic rings. The van der Waals surface area contributed by atoms with Crippen LogP contribution >= 0.6 is 0 Å². The third-order valence-electron chi connectivity index (χ3n) is 4.54. The molecule has 1 aliphatic rings. The van der Waals surface area contributed by atoms with E-state index in [1.165, 1.54) is 17.2 Å². The molecule has 0 spiro atoms. The van der Waals surface area contributed by atoms with Crippen molar-refractivity contribution in [1.82, 2.24) is 0 Å². The van der Waals surface area contributed by atoms with Crippen molar-refractivity contribution in [3.05, 3.63) is 58.7 Å². The Morgan fingerprint density at radius 2 is 1.88 bits per heavy atom. The third kappa shape index (κ3) is 5.80. The first-order valence-corrected chi connectivity index (χ1v) is 8.28. The Morgan fingerprint density at radius 3 is 2.46 bits per heavy atom. The summed E-state index contributed by atoms with van der Waals surface area (Å²) in [5.41, 5.74) is 4.25. The van der Waals surface area contributed by atoms with Crippen molar-refractivity contribution < 1.29 is 14.7 Å². The van der Waals surface area contributed by atoms with Crippen molar-refractivity contribution in [3.8, 4) is 0 Å². The highest BCUT2D eigenvalue weighted by Crippen LogP contribution is 2.42. The summed E-state index contributed by atoms with van der Waals surface area (Å²) in [5.74, 6) is -0.907. The molecular weight excluding hydrogens is 300 g/mol. The molecule has 3 nitrogen and oxygen atoms in total.